The fraction of sp³-hybridized carbons (Fsp3) is 0.312. The molecule has 0 aromatic heterocycles. The van der Waals surface area contributed by atoms with E-state index in [-0.39, 0.29) is 17.3 Å². The smallest absolute Gasteiger partial charge is 0.335 e. The van der Waals surface area contributed by atoms with Gasteiger partial charge in [-0.2, -0.15) is 0 Å². The number of carbonyl (C=O) groups is 3. The summed E-state index contributed by atoms with van der Waals surface area (Å²) < 4.78 is 0. The number of amides is 1. The monoisotopic (exact) mass is 551 g/mol. The Hall–Kier alpha value is -4.34. The maximum absolute atomic E-state index is 13.2. The summed E-state index contributed by atoms with van der Waals surface area (Å²) in [5, 5.41) is 12.2. The Morgan fingerprint density at radius 3 is 2.46 bits per heavy atom. The normalized spacial score (nSPS) is 19.1. The number of carbonyl (C=O) groups excluding carboxylic acids is 2. The predicted octanol–water partition coefficient (Wildman–Crippen LogP) is 3.42. The van der Waals surface area contributed by atoms with Crippen molar-refractivity contribution in [3.63, 3.8) is 0 Å². The highest BCUT2D eigenvalue weighted by atomic mass is 16.4. The van der Waals surface area contributed by atoms with Crippen molar-refractivity contribution in [1.29, 1.82) is 0 Å². The van der Waals surface area contributed by atoms with Crippen LogP contribution in [0.4, 0.5) is 17.1 Å². The molecule has 3 heterocycles. The molecule has 0 bridgehead atoms. The molecule has 9 heteroatoms. The third kappa shape index (κ3) is 5.64. The zero-order chi connectivity index (χ0) is 28.5. The van der Waals surface area contributed by atoms with E-state index >= 15 is 0 Å². The fourth-order valence-electron chi connectivity index (χ4n) is 5.92. The quantitative estimate of drug-likeness (QED) is 0.414. The highest BCUT2D eigenvalue weighted by molar-refractivity contribution is 6.24. The highest BCUT2D eigenvalue weighted by Gasteiger charge is 2.36. The Bertz CT molecular complexity index is 1530. The van der Waals surface area contributed by atoms with Crippen LogP contribution in [0.2, 0.25) is 0 Å². The number of Topliss-reactive ketones (excluding diaryl/α,β-unsaturated/α-hetero) is 1. The first-order valence-corrected chi connectivity index (χ1v) is 14.0. The number of carboxylic acid groups (broad SMARTS) is 1. The standard InChI is InChI=1S/C32H33N5O4/c1-35-13-15-36(16-14-35)19-25(38)20-37-12-11-22-17-24(8-10-28(22)37)33-30(21-5-3-2-4-6-21)29-26-9-7-23(32(40)41)18-27(26)34-31(29)39/h2-10,17-18,29H,11-16,19-20H2,1H3,(H,34,39)(H,40,41). The van der Waals surface area contributed by atoms with Gasteiger partial charge in [-0.15, -0.1) is 0 Å². The number of carboxylic acids is 1. The summed E-state index contributed by atoms with van der Waals surface area (Å²) in [7, 11) is 2.11. The third-order valence-corrected chi connectivity index (χ3v) is 8.14. The van der Waals surface area contributed by atoms with Crippen LogP contribution in [0.1, 0.15) is 33.0 Å². The second-order valence-corrected chi connectivity index (χ2v) is 11.0. The van der Waals surface area contributed by atoms with Crippen LogP contribution in [0.5, 0.6) is 0 Å². The summed E-state index contributed by atoms with van der Waals surface area (Å²) in [6.07, 6.45) is 0.825. The van der Waals surface area contributed by atoms with Crippen LogP contribution in [-0.4, -0.2) is 91.1 Å². The van der Waals surface area contributed by atoms with Gasteiger partial charge in [-0.3, -0.25) is 19.5 Å². The largest absolute Gasteiger partial charge is 0.478 e. The van der Waals surface area contributed by atoms with E-state index in [1.165, 1.54) is 12.1 Å². The lowest BCUT2D eigenvalue weighted by Crippen LogP contribution is -2.47. The number of nitrogens with one attached hydrogen (secondary N) is 1. The van der Waals surface area contributed by atoms with Crippen LogP contribution in [0.3, 0.4) is 0 Å². The summed E-state index contributed by atoms with van der Waals surface area (Å²) in [5.41, 5.74) is 5.66. The maximum atomic E-state index is 13.2. The molecule has 6 rings (SSSR count). The number of nitrogens with zero attached hydrogens (tertiary/aromatic N) is 4. The molecule has 1 atom stereocenters. The molecule has 9 nitrogen and oxygen atoms in total. The molecule has 0 spiro atoms. The Morgan fingerprint density at radius 1 is 0.927 bits per heavy atom. The summed E-state index contributed by atoms with van der Waals surface area (Å²) in [6, 6.07) is 20.3. The van der Waals surface area contributed by atoms with Gasteiger partial charge >= 0.3 is 5.97 Å². The van der Waals surface area contributed by atoms with Crippen LogP contribution in [0.25, 0.3) is 0 Å². The highest BCUT2D eigenvalue weighted by Crippen LogP contribution is 2.38. The molecule has 0 saturated carbocycles. The van der Waals surface area contributed by atoms with E-state index in [0.717, 1.165) is 61.6 Å². The molecule has 0 radical (unpaired) electrons. The number of piperazine rings is 1. The third-order valence-electron chi connectivity index (χ3n) is 8.14. The molecule has 1 saturated heterocycles. The van der Waals surface area contributed by atoms with Crippen LogP contribution >= 0.6 is 0 Å². The Balaban J connectivity index is 1.25. The molecule has 1 amide bonds. The predicted molar refractivity (Wildman–Crippen MR) is 159 cm³/mol. The number of aliphatic imine (C=N–C) groups is 1. The maximum Gasteiger partial charge on any atom is 0.335 e. The number of hydrogen-bond donors (Lipinski definition) is 2. The number of fused-ring (bicyclic) bond motifs is 2. The fourth-order valence-corrected chi connectivity index (χ4v) is 5.92. The number of ketones is 1. The molecule has 0 aliphatic carbocycles. The molecule has 3 aliphatic rings. The summed E-state index contributed by atoms with van der Waals surface area (Å²) >= 11 is 0. The molecule has 1 unspecified atom stereocenters. The molecule has 2 N–H and O–H groups in total. The zero-order valence-electron chi connectivity index (χ0n) is 23.0. The lowest BCUT2D eigenvalue weighted by atomic mass is 9.90. The van der Waals surface area contributed by atoms with Crippen molar-refractivity contribution in [1.82, 2.24) is 9.80 Å². The van der Waals surface area contributed by atoms with Gasteiger partial charge in [0.15, 0.2) is 5.78 Å². The SMILES string of the molecule is CN1CCN(CC(=O)CN2CCc3cc(N=C(c4ccccc4)C4C(=O)Nc5cc(C(=O)O)ccc54)ccc32)CC1. The number of hydrogen-bond acceptors (Lipinski definition) is 7. The van der Waals surface area contributed by atoms with Crippen molar-refractivity contribution in [2.45, 2.75) is 12.3 Å². The van der Waals surface area contributed by atoms with E-state index < -0.39 is 11.9 Å². The van der Waals surface area contributed by atoms with Crippen LogP contribution in [0.15, 0.2) is 71.7 Å². The lowest BCUT2D eigenvalue weighted by molar-refractivity contribution is -0.119. The van der Waals surface area contributed by atoms with Crippen LogP contribution in [0, 0.1) is 0 Å². The molecule has 3 aromatic rings. The van der Waals surface area contributed by atoms with E-state index in [1.54, 1.807) is 6.07 Å². The molecule has 3 aliphatic heterocycles. The van der Waals surface area contributed by atoms with Crippen molar-refractivity contribution in [2.75, 3.05) is 63.1 Å². The van der Waals surface area contributed by atoms with Gasteiger partial charge < -0.3 is 20.2 Å². The molecular weight excluding hydrogens is 518 g/mol. The summed E-state index contributed by atoms with van der Waals surface area (Å²) in [6.45, 7) is 5.50. The second-order valence-electron chi connectivity index (χ2n) is 11.0. The van der Waals surface area contributed by atoms with E-state index in [1.807, 2.05) is 48.5 Å². The summed E-state index contributed by atoms with van der Waals surface area (Å²) in [4.78, 5) is 49.3. The van der Waals surface area contributed by atoms with Crippen LogP contribution < -0.4 is 10.2 Å². The number of rotatable bonds is 8. The minimum absolute atomic E-state index is 0.119. The van der Waals surface area contributed by atoms with E-state index in [9.17, 15) is 19.5 Å². The Labute approximate surface area is 239 Å². The number of aromatic carboxylic acids is 1. The van der Waals surface area contributed by atoms with Gasteiger partial charge in [-0.05, 0) is 60.5 Å². The molecule has 41 heavy (non-hydrogen) atoms. The summed E-state index contributed by atoms with van der Waals surface area (Å²) in [5.74, 6) is -1.73. The Morgan fingerprint density at radius 2 is 1.71 bits per heavy atom. The van der Waals surface area contributed by atoms with Gasteiger partial charge in [-0.1, -0.05) is 36.4 Å². The van der Waals surface area contributed by atoms with Gasteiger partial charge in [0.2, 0.25) is 5.91 Å². The van der Waals surface area contributed by atoms with Gasteiger partial charge in [0, 0.05) is 44.1 Å². The minimum Gasteiger partial charge on any atom is -0.478 e. The first kappa shape index (κ1) is 26.9. The molecular formula is C32H33N5O4. The van der Waals surface area contributed by atoms with Crippen molar-refractivity contribution in [3.05, 3.63) is 89.0 Å². The average Bonchev–Trinajstić information content (AvgIpc) is 3.52. The van der Waals surface area contributed by atoms with Gasteiger partial charge in [-0.25, -0.2) is 4.79 Å². The van der Waals surface area contributed by atoms with Crippen molar-refractivity contribution in [3.8, 4) is 0 Å². The van der Waals surface area contributed by atoms with Crippen LogP contribution in [-0.2, 0) is 16.0 Å². The number of likely N-dealkylation sites (N-methyl/N-ethyl adjacent to an activating group) is 1. The lowest BCUT2D eigenvalue weighted by Gasteiger charge is -2.32. The average molecular weight is 552 g/mol. The molecule has 210 valence electrons. The first-order chi connectivity index (χ1) is 19.9. The van der Waals surface area contributed by atoms with Crippen molar-refractivity contribution in [2.24, 2.45) is 4.99 Å². The van der Waals surface area contributed by atoms with Crippen molar-refractivity contribution < 1.29 is 19.5 Å². The topological polar surface area (TPSA) is 106 Å². The first-order valence-electron chi connectivity index (χ1n) is 14.0. The van der Waals surface area contributed by atoms with E-state index in [2.05, 4.69) is 27.1 Å². The number of benzene rings is 3. The Kier molecular flexibility index (Phi) is 7.38. The van der Waals surface area contributed by atoms with E-state index in [4.69, 9.17) is 4.99 Å². The zero-order valence-corrected chi connectivity index (χ0v) is 23.0. The second kappa shape index (κ2) is 11.3. The van der Waals surface area contributed by atoms with Gasteiger partial charge in [0.05, 0.1) is 30.1 Å². The number of anilines is 2. The van der Waals surface area contributed by atoms with Gasteiger partial charge in [0.25, 0.3) is 0 Å². The van der Waals surface area contributed by atoms with E-state index in [0.29, 0.717) is 30.1 Å². The van der Waals surface area contributed by atoms with Crippen molar-refractivity contribution >= 4 is 40.4 Å². The molecule has 1 fully saturated rings. The minimum atomic E-state index is -1.05. The molecule has 3 aromatic carbocycles. The van der Waals surface area contributed by atoms with Gasteiger partial charge in [0.1, 0.15) is 5.92 Å².